The number of amides is 4. The first kappa shape index (κ1) is 31.0. The average Bonchev–Trinajstić information content (AvgIpc) is 3.57. The molecule has 4 aromatic rings. The molecule has 228 valence electrons. The minimum Gasteiger partial charge on any atom is -0.462 e. The lowest BCUT2D eigenvalue weighted by Gasteiger charge is -2.15. The maximum Gasteiger partial charge on any atom is 0.338 e. The molecule has 1 fully saturated rings. The van der Waals surface area contributed by atoms with Gasteiger partial charge in [-0.15, -0.1) is 11.8 Å². The first-order chi connectivity index (χ1) is 21.7. The number of esters is 1. The van der Waals surface area contributed by atoms with E-state index in [-0.39, 0.29) is 30.5 Å². The monoisotopic (exact) mass is 623 g/mol. The van der Waals surface area contributed by atoms with E-state index in [4.69, 9.17) is 9.15 Å². The molecule has 11 heteroatoms. The molecule has 1 unspecified atom stereocenters. The SMILES string of the molecule is CCOC(=O)c1ccc(N2C(=O)CC(Sc3cccc(NC(=O)/C(=C/c4ccc(C)o4)NC(=O)c4ccccc4)c3)C2=O)cc1. The summed E-state index contributed by atoms with van der Waals surface area (Å²) in [7, 11) is 0. The number of thioether (sulfide) groups is 1. The molecule has 10 nitrogen and oxygen atoms in total. The molecule has 3 aromatic carbocycles. The first-order valence-electron chi connectivity index (χ1n) is 14.1. The van der Waals surface area contributed by atoms with Crippen LogP contribution in [-0.2, 0) is 19.1 Å². The minimum atomic E-state index is -0.684. The van der Waals surface area contributed by atoms with Crippen LogP contribution in [0.2, 0.25) is 0 Å². The summed E-state index contributed by atoms with van der Waals surface area (Å²) in [4.78, 5) is 66.0. The van der Waals surface area contributed by atoms with E-state index in [1.165, 1.54) is 42.1 Å². The van der Waals surface area contributed by atoms with E-state index in [0.29, 0.717) is 38.9 Å². The number of anilines is 2. The molecule has 5 rings (SSSR count). The van der Waals surface area contributed by atoms with Gasteiger partial charge in [-0.05, 0) is 80.6 Å². The number of hydrogen-bond donors (Lipinski definition) is 2. The predicted octanol–water partition coefficient (Wildman–Crippen LogP) is 5.60. The lowest BCUT2D eigenvalue weighted by atomic mass is 10.2. The molecule has 0 radical (unpaired) electrons. The van der Waals surface area contributed by atoms with E-state index in [9.17, 15) is 24.0 Å². The van der Waals surface area contributed by atoms with Crippen molar-refractivity contribution in [3.63, 3.8) is 0 Å². The molecule has 45 heavy (non-hydrogen) atoms. The third-order valence-electron chi connectivity index (χ3n) is 6.69. The van der Waals surface area contributed by atoms with Crippen molar-refractivity contribution in [2.24, 2.45) is 0 Å². The zero-order valence-corrected chi connectivity index (χ0v) is 25.3. The number of nitrogens with one attached hydrogen (secondary N) is 2. The molecule has 0 spiro atoms. The van der Waals surface area contributed by atoms with Gasteiger partial charge < -0.3 is 19.8 Å². The molecular formula is C34H29N3O7S. The van der Waals surface area contributed by atoms with Gasteiger partial charge in [-0.1, -0.05) is 24.3 Å². The molecule has 0 saturated carbocycles. The van der Waals surface area contributed by atoms with Crippen LogP contribution in [0.3, 0.4) is 0 Å². The van der Waals surface area contributed by atoms with Crippen molar-refractivity contribution in [1.82, 2.24) is 5.32 Å². The Morgan fingerprint density at radius 1 is 0.956 bits per heavy atom. The maximum absolute atomic E-state index is 13.4. The zero-order valence-electron chi connectivity index (χ0n) is 24.4. The van der Waals surface area contributed by atoms with E-state index in [1.807, 2.05) is 0 Å². The molecular weight excluding hydrogens is 594 g/mol. The smallest absolute Gasteiger partial charge is 0.338 e. The number of furan rings is 1. The number of nitrogens with zero attached hydrogens (tertiary/aromatic N) is 1. The van der Waals surface area contributed by atoms with Crippen LogP contribution in [-0.4, -0.2) is 41.5 Å². The highest BCUT2D eigenvalue weighted by atomic mass is 32.2. The molecule has 1 aromatic heterocycles. The van der Waals surface area contributed by atoms with Gasteiger partial charge in [-0.2, -0.15) is 0 Å². The molecule has 1 aliphatic heterocycles. The van der Waals surface area contributed by atoms with E-state index >= 15 is 0 Å². The average molecular weight is 624 g/mol. The second-order valence-electron chi connectivity index (χ2n) is 9.95. The van der Waals surface area contributed by atoms with Crippen molar-refractivity contribution in [2.45, 2.75) is 30.4 Å². The van der Waals surface area contributed by atoms with Crippen molar-refractivity contribution in [2.75, 3.05) is 16.8 Å². The summed E-state index contributed by atoms with van der Waals surface area (Å²) < 4.78 is 10.6. The van der Waals surface area contributed by atoms with Gasteiger partial charge in [-0.3, -0.25) is 19.2 Å². The highest BCUT2D eigenvalue weighted by molar-refractivity contribution is 8.00. The van der Waals surface area contributed by atoms with E-state index < -0.39 is 23.0 Å². The van der Waals surface area contributed by atoms with E-state index in [1.54, 1.807) is 80.6 Å². The van der Waals surface area contributed by atoms with Crippen LogP contribution in [0, 0.1) is 6.92 Å². The Morgan fingerprint density at radius 3 is 2.40 bits per heavy atom. The summed E-state index contributed by atoms with van der Waals surface area (Å²) >= 11 is 1.20. The van der Waals surface area contributed by atoms with Gasteiger partial charge in [0.1, 0.15) is 17.2 Å². The van der Waals surface area contributed by atoms with Crippen LogP contribution in [0.25, 0.3) is 6.08 Å². The van der Waals surface area contributed by atoms with Crippen molar-refractivity contribution >= 4 is 58.8 Å². The second kappa shape index (κ2) is 13.9. The van der Waals surface area contributed by atoms with Gasteiger partial charge in [0.2, 0.25) is 11.8 Å². The summed E-state index contributed by atoms with van der Waals surface area (Å²) in [5, 5.41) is 4.77. The van der Waals surface area contributed by atoms with Crippen LogP contribution in [0.5, 0.6) is 0 Å². The van der Waals surface area contributed by atoms with Crippen molar-refractivity contribution in [1.29, 1.82) is 0 Å². The summed E-state index contributed by atoms with van der Waals surface area (Å²) in [6.07, 6.45) is 1.43. The highest BCUT2D eigenvalue weighted by Crippen LogP contribution is 2.35. The predicted molar refractivity (Wildman–Crippen MR) is 170 cm³/mol. The highest BCUT2D eigenvalue weighted by Gasteiger charge is 2.40. The normalized spacial score (nSPS) is 14.8. The number of aryl methyl sites for hydroxylation is 1. The summed E-state index contributed by atoms with van der Waals surface area (Å²) in [5.41, 5.74) is 1.46. The number of imide groups is 1. The second-order valence-corrected chi connectivity index (χ2v) is 11.2. The van der Waals surface area contributed by atoms with Gasteiger partial charge in [0, 0.05) is 28.6 Å². The molecule has 4 amide bonds. The van der Waals surface area contributed by atoms with Crippen molar-refractivity contribution in [3.05, 3.63) is 119 Å². The molecule has 1 atom stereocenters. The van der Waals surface area contributed by atoms with Crippen LogP contribution in [0.1, 0.15) is 45.6 Å². The number of rotatable bonds is 10. The Bertz CT molecular complexity index is 1780. The fraction of sp³-hybridized carbons (Fsp3) is 0.147. The van der Waals surface area contributed by atoms with Crippen molar-refractivity contribution in [3.8, 4) is 0 Å². The summed E-state index contributed by atoms with van der Waals surface area (Å²) in [6.45, 7) is 3.72. The number of hydrogen-bond acceptors (Lipinski definition) is 8. The Morgan fingerprint density at radius 2 is 1.71 bits per heavy atom. The number of benzene rings is 3. The standard InChI is InChI=1S/C34H29N3O7S/c1-3-43-34(42)23-13-15-25(16-14-23)37-30(38)20-29(33(37)41)45-27-11-7-10-24(18-27)35-32(40)28(19-26-17-12-21(2)44-26)36-31(39)22-8-5-4-6-9-22/h4-19,29H,3,20H2,1-2H3,(H,35,40)(H,36,39)/b28-19-. The summed E-state index contributed by atoms with van der Waals surface area (Å²) in [6, 6.07) is 24.9. The lowest BCUT2D eigenvalue weighted by molar-refractivity contribution is -0.121. The Kier molecular flexibility index (Phi) is 9.59. The van der Waals surface area contributed by atoms with Crippen LogP contribution in [0.15, 0.2) is 106 Å². The Balaban J connectivity index is 1.28. The summed E-state index contributed by atoms with van der Waals surface area (Å²) in [5.74, 6) is -1.24. The quantitative estimate of drug-likeness (QED) is 0.132. The molecule has 2 heterocycles. The minimum absolute atomic E-state index is 0.0132. The number of carbonyl (C=O) groups is 5. The number of carbonyl (C=O) groups excluding carboxylic acids is 5. The fourth-order valence-electron chi connectivity index (χ4n) is 4.55. The first-order valence-corrected chi connectivity index (χ1v) is 15.0. The fourth-order valence-corrected chi connectivity index (χ4v) is 5.67. The van der Waals surface area contributed by atoms with E-state index in [0.717, 1.165) is 4.90 Å². The molecule has 1 aliphatic rings. The maximum atomic E-state index is 13.4. The molecule has 0 bridgehead atoms. The molecule has 0 aliphatic carbocycles. The van der Waals surface area contributed by atoms with Gasteiger partial charge in [-0.25, -0.2) is 9.69 Å². The van der Waals surface area contributed by atoms with Gasteiger partial charge in [0.25, 0.3) is 11.8 Å². The number of ether oxygens (including phenoxy) is 1. The van der Waals surface area contributed by atoms with Crippen LogP contribution >= 0.6 is 11.8 Å². The topological polar surface area (TPSA) is 135 Å². The zero-order chi connectivity index (χ0) is 31.9. The largest absolute Gasteiger partial charge is 0.462 e. The lowest BCUT2D eigenvalue weighted by Crippen LogP contribution is -2.31. The van der Waals surface area contributed by atoms with Crippen LogP contribution < -0.4 is 15.5 Å². The van der Waals surface area contributed by atoms with Gasteiger partial charge in [0.05, 0.1) is 23.1 Å². The Hall–Kier alpha value is -5.42. The van der Waals surface area contributed by atoms with Crippen LogP contribution in [0.4, 0.5) is 11.4 Å². The third kappa shape index (κ3) is 7.57. The Labute approximate surface area is 263 Å². The van der Waals surface area contributed by atoms with Gasteiger partial charge >= 0.3 is 5.97 Å². The van der Waals surface area contributed by atoms with Crippen molar-refractivity contribution < 1.29 is 33.1 Å². The van der Waals surface area contributed by atoms with E-state index in [2.05, 4.69) is 10.6 Å². The van der Waals surface area contributed by atoms with Gasteiger partial charge in [0.15, 0.2) is 0 Å². The molecule has 2 N–H and O–H groups in total. The molecule has 1 saturated heterocycles. The third-order valence-corrected chi connectivity index (χ3v) is 7.87.